The molecule has 0 spiro atoms. The molecule has 9 heteroatoms. The molecule has 0 aliphatic carbocycles. The molecule has 1 heterocycles. The Hall–Kier alpha value is -2.32. The number of hydrogen-bond donors (Lipinski definition) is 3. The lowest BCUT2D eigenvalue weighted by atomic mass is 10.2. The second-order valence-electron chi connectivity index (χ2n) is 3.93. The monoisotopic (exact) mass is 290 g/mol. The molecule has 0 aliphatic heterocycles. The van der Waals surface area contributed by atoms with Crippen LogP contribution in [-0.4, -0.2) is 29.9 Å². The van der Waals surface area contributed by atoms with Crippen molar-refractivity contribution in [3.05, 3.63) is 23.4 Å². The Kier molecular flexibility index (Phi) is 4.53. The Balaban J connectivity index is 3.19. The molecular formula is C11H13F3N4O2. The van der Waals surface area contributed by atoms with Gasteiger partial charge >= 0.3 is 6.18 Å². The smallest absolute Gasteiger partial charge is 0.365 e. The van der Waals surface area contributed by atoms with Gasteiger partial charge in [-0.1, -0.05) is 0 Å². The van der Waals surface area contributed by atoms with E-state index in [2.05, 4.69) is 15.6 Å². The molecule has 0 saturated carbocycles. The summed E-state index contributed by atoms with van der Waals surface area (Å²) in [6.45, 7) is 1.41. The number of likely N-dealkylation sites (N-methyl/N-ethyl adjacent to an activating group) is 1. The molecule has 0 bridgehead atoms. The highest BCUT2D eigenvalue weighted by molar-refractivity contribution is 5.98. The maximum Gasteiger partial charge on any atom is 0.433 e. The minimum Gasteiger partial charge on any atom is -0.365 e. The van der Waals surface area contributed by atoms with Crippen LogP contribution in [0.1, 0.15) is 23.0 Å². The normalized spacial score (nSPS) is 12.7. The molecule has 0 aliphatic rings. The maximum atomic E-state index is 12.6. The zero-order chi connectivity index (χ0) is 15.5. The SMILES string of the molecule is CNC(=O)C(C)Nc1nc(C(F)(F)F)ccc1C(N)=O. The van der Waals surface area contributed by atoms with Gasteiger partial charge in [0.15, 0.2) is 0 Å². The van der Waals surface area contributed by atoms with E-state index in [9.17, 15) is 22.8 Å². The number of carbonyl (C=O) groups excluding carboxylic acids is 2. The fourth-order valence-electron chi connectivity index (χ4n) is 1.41. The molecule has 4 N–H and O–H groups in total. The van der Waals surface area contributed by atoms with Gasteiger partial charge in [0.05, 0.1) is 5.56 Å². The first kappa shape index (κ1) is 15.7. The van der Waals surface area contributed by atoms with Crippen molar-refractivity contribution < 1.29 is 22.8 Å². The molecule has 6 nitrogen and oxygen atoms in total. The fraction of sp³-hybridized carbons (Fsp3) is 0.364. The van der Waals surface area contributed by atoms with E-state index in [1.54, 1.807) is 0 Å². The Morgan fingerprint density at radius 1 is 1.35 bits per heavy atom. The number of nitrogens with one attached hydrogen (secondary N) is 2. The van der Waals surface area contributed by atoms with Gasteiger partial charge in [-0.3, -0.25) is 9.59 Å². The van der Waals surface area contributed by atoms with Crippen LogP contribution < -0.4 is 16.4 Å². The van der Waals surface area contributed by atoms with Gasteiger partial charge in [0.2, 0.25) is 5.91 Å². The van der Waals surface area contributed by atoms with Gasteiger partial charge in [0, 0.05) is 7.05 Å². The number of aromatic nitrogens is 1. The van der Waals surface area contributed by atoms with Crippen molar-refractivity contribution in [3.63, 3.8) is 0 Å². The molecular weight excluding hydrogens is 277 g/mol. The fourth-order valence-corrected chi connectivity index (χ4v) is 1.41. The van der Waals surface area contributed by atoms with E-state index < -0.39 is 29.7 Å². The highest BCUT2D eigenvalue weighted by Gasteiger charge is 2.33. The number of alkyl halides is 3. The predicted octanol–water partition coefficient (Wildman–Crippen LogP) is 0.746. The van der Waals surface area contributed by atoms with E-state index >= 15 is 0 Å². The second-order valence-corrected chi connectivity index (χ2v) is 3.93. The van der Waals surface area contributed by atoms with Crippen LogP contribution in [0.5, 0.6) is 0 Å². The first-order chi connectivity index (χ1) is 9.16. The third-order valence-electron chi connectivity index (χ3n) is 2.44. The van der Waals surface area contributed by atoms with E-state index in [-0.39, 0.29) is 11.4 Å². The Morgan fingerprint density at radius 2 is 1.95 bits per heavy atom. The summed E-state index contributed by atoms with van der Waals surface area (Å²) in [6.07, 6.45) is -4.66. The van der Waals surface area contributed by atoms with Crippen LogP contribution in [0.3, 0.4) is 0 Å². The first-order valence-electron chi connectivity index (χ1n) is 5.53. The third-order valence-corrected chi connectivity index (χ3v) is 2.44. The molecule has 0 radical (unpaired) electrons. The van der Waals surface area contributed by atoms with Crippen molar-refractivity contribution in [2.24, 2.45) is 5.73 Å². The minimum absolute atomic E-state index is 0.228. The molecule has 0 aromatic carbocycles. The summed E-state index contributed by atoms with van der Waals surface area (Å²) in [4.78, 5) is 25.8. The van der Waals surface area contributed by atoms with E-state index in [4.69, 9.17) is 5.73 Å². The summed E-state index contributed by atoms with van der Waals surface area (Å²) in [6, 6.07) is 0.682. The van der Waals surface area contributed by atoms with Gasteiger partial charge in [0.1, 0.15) is 17.6 Å². The second kappa shape index (κ2) is 5.76. The number of amides is 2. The molecule has 1 atom stereocenters. The van der Waals surface area contributed by atoms with E-state index in [0.717, 1.165) is 6.07 Å². The molecule has 1 aromatic heterocycles. The summed E-state index contributed by atoms with van der Waals surface area (Å²) < 4.78 is 37.7. The van der Waals surface area contributed by atoms with Crippen molar-refractivity contribution in [1.29, 1.82) is 0 Å². The molecule has 1 unspecified atom stereocenters. The third kappa shape index (κ3) is 3.59. The number of nitrogens with zero attached hydrogens (tertiary/aromatic N) is 1. The Bertz CT molecular complexity index is 531. The molecule has 1 rings (SSSR count). The summed E-state index contributed by atoms with van der Waals surface area (Å²) in [5, 5.41) is 4.74. The van der Waals surface area contributed by atoms with Crippen LogP contribution >= 0.6 is 0 Å². The highest BCUT2D eigenvalue weighted by Crippen LogP contribution is 2.29. The number of nitrogens with two attached hydrogens (primary N) is 1. The van der Waals surface area contributed by atoms with Crippen molar-refractivity contribution in [3.8, 4) is 0 Å². The number of primary amides is 1. The molecule has 1 aromatic rings. The quantitative estimate of drug-likeness (QED) is 0.762. The number of halogens is 3. The summed E-state index contributed by atoms with van der Waals surface area (Å²) in [7, 11) is 1.37. The number of carbonyl (C=O) groups is 2. The van der Waals surface area contributed by atoms with Crippen LogP contribution in [-0.2, 0) is 11.0 Å². The van der Waals surface area contributed by atoms with Crippen molar-refractivity contribution in [1.82, 2.24) is 10.3 Å². The van der Waals surface area contributed by atoms with Gasteiger partial charge in [-0.05, 0) is 19.1 Å². The average molecular weight is 290 g/mol. The van der Waals surface area contributed by atoms with Gasteiger partial charge in [-0.2, -0.15) is 13.2 Å². The highest BCUT2D eigenvalue weighted by atomic mass is 19.4. The van der Waals surface area contributed by atoms with Gasteiger partial charge in [-0.15, -0.1) is 0 Å². The Labute approximate surface area is 112 Å². The molecule has 110 valence electrons. The van der Waals surface area contributed by atoms with Gasteiger partial charge < -0.3 is 16.4 Å². The predicted molar refractivity (Wildman–Crippen MR) is 64.9 cm³/mol. The van der Waals surface area contributed by atoms with Crippen LogP contribution in [0, 0.1) is 0 Å². The van der Waals surface area contributed by atoms with Gasteiger partial charge in [-0.25, -0.2) is 4.98 Å². The zero-order valence-electron chi connectivity index (χ0n) is 10.7. The standard InChI is InChI=1S/C11H13F3N4O2/c1-5(10(20)16-2)17-9-6(8(15)19)3-4-7(18-9)11(12,13)14/h3-5H,1-2H3,(H2,15,19)(H,16,20)(H,17,18). The number of rotatable bonds is 4. The summed E-state index contributed by atoms with van der Waals surface area (Å²) in [5.41, 5.74) is 3.64. The molecule has 0 fully saturated rings. The van der Waals surface area contributed by atoms with Gasteiger partial charge in [0.25, 0.3) is 5.91 Å². The summed E-state index contributed by atoms with van der Waals surface area (Å²) >= 11 is 0. The van der Waals surface area contributed by atoms with E-state index in [0.29, 0.717) is 6.07 Å². The molecule has 2 amide bonds. The van der Waals surface area contributed by atoms with Crippen LogP contribution in [0.25, 0.3) is 0 Å². The van der Waals surface area contributed by atoms with Crippen molar-refractivity contribution in [2.75, 3.05) is 12.4 Å². The number of hydrogen-bond acceptors (Lipinski definition) is 4. The topological polar surface area (TPSA) is 97.1 Å². The maximum absolute atomic E-state index is 12.6. The minimum atomic E-state index is -4.66. The lowest BCUT2D eigenvalue weighted by molar-refractivity contribution is -0.141. The van der Waals surface area contributed by atoms with Crippen LogP contribution in [0.2, 0.25) is 0 Å². The van der Waals surface area contributed by atoms with E-state index in [1.807, 2.05) is 0 Å². The number of pyridine rings is 1. The molecule has 0 saturated heterocycles. The van der Waals surface area contributed by atoms with Crippen LogP contribution in [0.15, 0.2) is 12.1 Å². The first-order valence-corrected chi connectivity index (χ1v) is 5.53. The molecule has 20 heavy (non-hydrogen) atoms. The summed E-state index contributed by atoms with van der Waals surface area (Å²) in [5.74, 6) is -1.80. The lowest BCUT2D eigenvalue weighted by Gasteiger charge is -2.16. The Morgan fingerprint density at radius 3 is 2.40 bits per heavy atom. The largest absolute Gasteiger partial charge is 0.433 e. The van der Waals surface area contributed by atoms with E-state index in [1.165, 1.54) is 14.0 Å². The van der Waals surface area contributed by atoms with Crippen LogP contribution in [0.4, 0.5) is 19.0 Å². The average Bonchev–Trinajstić information content (AvgIpc) is 2.36. The number of anilines is 1. The van der Waals surface area contributed by atoms with Crippen molar-refractivity contribution >= 4 is 17.6 Å². The lowest BCUT2D eigenvalue weighted by Crippen LogP contribution is -2.36. The zero-order valence-corrected chi connectivity index (χ0v) is 10.7. The van der Waals surface area contributed by atoms with Crippen molar-refractivity contribution in [2.45, 2.75) is 19.1 Å².